The Bertz CT molecular complexity index is 1400. The molecule has 0 aromatic heterocycles. The normalized spacial score (nSPS) is 12.0. The summed E-state index contributed by atoms with van der Waals surface area (Å²) in [4.78, 5) is 28.7. The molecular formula is C31H38ClN3O4S. The minimum atomic E-state index is -4.14. The van der Waals surface area contributed by atoms with Crippen LogP contribution in [0.3, 0.4) is 0 Å². The molecule has 0 spiro atoms. The number of carbonyl (C=O) groups is 2. The number of benzene rings is 3. The van der Waals surface area contributed by atoms with Gasteiger partial charge in [-0.3, -0.25) is 13.9 Å². The molecule has 9 heteroatoms. The van der Waals surface area contributed by atoms with Gasteiger partial charge in [-0.1, -0.05) is 79.5 Å². The van der Waals surface area contributed by atoms with E-state index in [4.69, 9.17) is 11.6 Å². The molecule has 214 valence electrons. The van der Waals surface area contributed by atoms with Crippen LogP contribution in [0, 0.1) is 13.8 Å². The number of hydrogen-bond acceptors (Lipinski definition) is 4. The Labute approximate surface area is 243 Å². The van der Waals surface area contributed by atoms with E-state index in [1.807, 2.05) is 58.0 Å². The zero-order chi connectivity index (χ0) is 29.3. The highest BCUT2D eigenvalue weighted by Gasteiger charge is 2.33. The van der Waals surface area contributed by atoms with Crippen LogP contribution in [0.1, 0.15) is 43.4 Å². The number of aryl methyl sites for hydroxylation is 2. The molecule has 0 fully saturated rings. The van der Waals surface area contributed by atoms with E-state index in [1.165, 1.54) is 17.0 Å². The van der Waals surface area contributed by atoms with Crippen molar-refractivity contribution in [3.05, 3.63) is 94.5 Å². The van der Waals surface area contributed by atoms with E-state index < -0.39 is 28.5 Å². The van der Waals surface area contributed by atoms with Crippen molar-refractivity contribution in [1.82, 2.24) is 10.2 Å². The Morgan fingerprint density at radius 2 is 1.62 bits per heavy atom. The van der Waals surface area contributed by atoms with Gasteiger partial charge in [0.15, 0.2) is 0 Å². The molecule has 0 aliphatic carbocycles. The van der Waals surface area contributed by atoms with E-state index in [1.54, 1.807) is 30.3 Å². The van der Waals surface area contributed by atoms with Crippen molar-refractivity contribution in [2.24, 2.45) is 0 Å². The van der Waals surface area contributed by atoms with Crippen LogP contribution in [0.2, 0.25) is 5.02 Å². The van der Waals surface area contributed by atoms with Crippen LogP contribution in [0.4, 0.5) is 5.69 Å². The van der Waals surface area contributed by atoms with Crippen molar-refractivity contribution in [3.63, 3.8) is 0 Å². The average Bonchev–Trinajstić information content (AvgIpc) is 2.94. The molecule has 0 aliphatic rings. The second kappa shape index (κ2) is 14.3. The topological polar surface area (TPSA) is 86.8 Å². The molecule has 1 N–H and O–H groups in total. The number of anilines is 1. The molecule has 1 unspecified atom stereocenters. The van der Waals surface area contributed by atoms with Crippen LogP contribution in [-0.4, -0.2) is 50.8 Å². The number of hydrogen-bond donors (Lipinski definition) is 1. The van der Waals surface area contributed by atoms with Crippen molar-refractivity contribution in [1.29, 1.82) is 0 Å². The lowest BCUT2D eigenvalue weighted by Crippen LogP contribution is -2.53. The molecule has 3 aromatic carbocycles. The second-order valence-corrected chi connectivity index (χ2v) is 12.1. The molecule has 3 aromatic rings. The number of nitrogens with one attached hydrogen (secondary N) is 1. The molecule has 0 heterocycles. The maximum absolute atomic E-state index is 14.0. The van der Waals surface area contributed by atoms with Gasteiger partial charge in [0, 0.05) is 18.1 Å². The number of rotatable bonds is 13. The summed E-state index contributed by atoms with van der Waals surface area (Å²) in [6.45, 7) is 7.76. The summed E-state index contributed by atoms with van der Waals surface area (Å²) in [5, 5.41) is 3.28. The van der Waals surface area contributed by atoms with Crippen LogP contribution in [0.25, 0.3) is 0 Å². The van der Waals surface area contributed by atoms with Gasteiger partial charge < -0.3 is 10.2 Å². The first-order valence-electron chi connectivity index (χ1n) is 13.5. The monoisotopic (exact) mass is 583 g/mol. The summed E-state index contributed by atoms with van der Waals surface area (Å²) in [6.07, 6.45) is 1.67. The average molecular weight is 584 g/mol. The molecular weight excluding hydrogens is 546 g/mol. The summed E-state index contributed by atoms with van der Waals surface area (Å²) in [7, 11) is -4.14. The Balaban J connectivity index is 2.02. The molecule has 0 saturated heterocycles. The molecule has 0 bridgehead atoms. The van der Waals surface area contributed by atoms with Crippen LogP contribution < -0.4 is 9.62 Å². The maximum atomic E-state index is 14.0. The summed E-state index contributed by atoms with van der Waals surface area (Å²) in [5.41, 5.74) is 2.98. The first-order valence-corrected chi connectivity index (χ1v) is 15.4. The van der Waals surface area contributed by atoms with E-state index in [0.29, 0.717) is 24.4 Å². The Hall–Kier alpha value is -3.36. The van der Waals surface area contributed by atoms with Crippen molar-refractivity contribution in [2.75, 3.05) is 23.9 Å². The summed E-state index contributed by atoms with van der Waals surface area (Å²) in [5.74, 6) is -0.723. The highest BCUT2D eigenvalue weighted by molar-refractivity contribution is 7.92. The minimum absolute atomic E-state index is 0.0613. The predicted molar refractivity (Wildman–Crippen MR) is 161 cm³/mol. The van der Waals surface area contributed by atoms with Gasteiger partial charge in [-0.25, -0.2) is 8.42 Å². The van der Waals surface area contributed by atoms with Crippen molar-refractivity contribution in [3.8, 4) is 0 Å². The smallest absolute Gasteiger partial charge is 0.264 e. The van der Waals surface area contributed by atoms with E-state index in [9.17, 15) is 18.0 Å². The predicted octanol–water partition coefficient (Wildman–Crippen LogP) is 5.53. The first-order chi connectivity index (χ1) is 19.1. The zero-order valence-electron chi connectivity index (χ0n) is 23.6. The van der Waals surface area contributed by atoms with Crippen LogP contribution in [0.5, 0.6) is 0 Å². The molecule has 2 amide bonds. The first kappa shape index (κ1) is 31.2. The summed E-state index contributed by atoms with van der Waals surface area (Å²) in [6, 6.07) is 20.3. The number of carbonyl (C=O) groups excluding carboxylic acids is 2. The standard InChI is InChI=1S/C31H38ClN3O4S/c1-5-19-33-31(37)29(6-2)34(20-18-25-10-8-7-9-11-25)30(36)22-35(26-15-14-24(4)28(32)21-26)40(38,39)27-16-12-23(3)13-17-27/h7-17,21,29H,5-6,18-20,22H2,1-4H3,(H,33,37). The number of amides is 2. The van der Waals surface area contributed by atoms with Gasteiger partial charge in [0.2, 0.25) is 11.8 Å². The highest BCUT2D eigenvalue weighted by atomic mass is 35.5. The third-order valence-electron chi connectivity index (χ3n) is 6.75. The molecule has 0 aliphatic heterocycles. The van der Waals surface area contributed by atoms with Gasteiger partial charge in [-0.05, 0) is 68.5 Å². The second-order valence-electron chi connectivity index (χ2n) is 9.80. The van der Waals surface area contributed by atoms with E-state index in [0.717, 1.165) is 27.4 Å². The van der Waals surface area contributed by atoms with Crippen molar-refractivity contribution in [2.45, 2.75) is 57.9 Å². The van der Waals surface area contributed by atoms with Gasteiger partial charge in [-0.15, -0.1) is 0 Å². The van der Waals surface area contributed by atoms with Crippen LogP contribution in [-0.2, 0) is 26.0 Å². The van der Waals surface area contributed by atoms with E-state index in [-0.39, 0.29) is 23.0 Å². The third kappa shape index (κ3) is 7.86. The Kier molecular flexibility index (Phi) is 11.2. The van der Waals surface area contributed by atoms with Crippen LogP contribution in [0.15, 0.2) is 77.7 Å². The summed E-state index contributed by atoms with van der Waals surface area (Å²) < 4.78 is 28.9. The SMILES string of the molecule is CCCNC(=O)C(CC)N(CCc1ccccc1)C(=O)CN(c1ccc(C)c(Cl)c1)S(=O)(=O)c1ccc(C)cc1. The molecule has 0 radical (unpaired) electrons. The fourth-order valence-electron chi connectivity index (χ4n) is 4.37. The fourth-order valence-corrected chi connectivity index (χ4v) is 5.95. The number of nitrogens with zero attached hydrogens (tertiary/aromatic N) is 2. The van der Waals surface area contributed by atoms with Crippen molar-refractivity contribution >= 4 is 39.1 Å². The largest absolute Gasteiger partial charge is 0.354 e. The van der Waals surface area contributed by atoms with Crippen molar-refractivity contribution < 1.29 is 18.0 Å². The number of sulfonamides is 1. The van der Waals surface area contributed by atoms with Gasteiger partial charge in [0.1, 0.15) is 12.6 Å². The lowest BCUT2D eigenvalue weighted by atomic mass is 10.1. The molecule has 3 rings (SSSR count). The Morgan fingerprint density at radius 1 is 0.950 bits per heavy atom. The van der Waals surface area contributed by atoms with Gasteiger partial charge >= 0.3 is 0 Å². The molecule has 7 nitrogen and oxygen atoms in total. The maximum Gasteiger partial charge on any atom is 0.264 e. The van der Waals surface area contributed by atoms with Gasteiger partial charge in [0.05, 0.1) is 10.6 Å². The highest BCUT2D eigenvalue weighted by Crippen LogP contribution is 2.28. The third-order valence-corrected chi connectivity index (χ3v) is 8.95. The lowest BCUT2D eigenvalue weighted by Gasteiger charge is -2.33. The fraction of sp³-hybridized carbons (Fsp3) is 0.355. The quantitative estimate of drug-likeness (QED) is 0.287. The summed E-state index contributed by atoms with van der Waals surface area (Å²) >= 11 is 6.38. The zero-order valence-corrected chi connectivity index (χ0v) is 25.1. The lowest BCUT2D eigenvalue weighted by molar-refractivity contribution is -0.139. The van der Waals surface area contributed by atoms with Gasteiger partial charge in [0.25, 0.3) is 10.0 Å². The molecule has 0 saturated carbocycles. The molecule has 1 atom stereocenters. The number of halogens is 1. The van der Waals surface area contributed by atoms with E-state index in [2.05, 4.69) is 5.32 Å². The molecule has 40 heavy (non-hydrogen) atoms. The Morgan fingerprint density at radius 3 is 2.23 bits per heavy atom. The van der Waals surface area contributed by atoms with Gasteiger partial charge in [-0.2, -0.15) is 0 Å². The van der Waals surface area contributed by atoms with Crippen LogP contribution >= 0.6 is 11.6 Å². The van der Waals surface area contributed by atoms with E-state index >= 15 is 0 Å². The minimum Gasteiger partial charge on any atom is -0.354 e.